The summed E-state index contributed by atoms with van der Waals surface area (Å²) in [6, 6.07) is 14.7. The number of amides is 2. The van der Waals surface area contributed by atoms with Crippen molar-refractivity contribution in [2.45, 2.75) is 77.8 Å². The number of carbonyl (C=O) groups excluding carboxylic acids is 2. The number of likely N-dealkylation sites (tertiary alicyclic amines) is 1. The molecule has 2 aromatic heterocycles. The average Bonchev–Trinajstić information content (AvgIpc) is 3.70. The Morgan fingerprint density at radius 2 is 1.87 bits per heavy atom. The summed E-state index contributed by atoms with van der Waals surface area (Å²) < 4.78 is 0. The standard InChI is InChI=1S/C36H43N5O3S/c1-23(2)30-17-27(20-37-21-30)14-15-38-31-13-12-26(18-33(31)42)11-10-24(3)39-34(43)28-7-5-8-29(19-28)36(44)41-16-6-9-32(41)35-40-25(4)22-45-35/h5,7-8,12-13,17-24,32,38,42H,6,9-11,14-16H2,1-4H3,(H,39,43)/t24-,32+/m0/s1. The molecule has 0 aliphatic carbocycles. The molecule has 236 valence electrons. The smallest absolute Gasteiger partial charge is 0.254 e. The maximum absolute atomic E-state index is 13.4. The van der Waals surface area contributed by atoms with Gasteiger partial charge in [0.25, 0.3) is 11.8 Å². The molecule has 2 atom stereocenters. The van der Waals surface area contributed by atoms with Crippen molar-refractivity contribution < 1.29 is 14.7 Å². The molecular weight excluding hydrogens is 582 g/mol. The van der Waals surface area contributed by atoms with E-state index in [2.05, 4.69) is 40.5 Å². The van der Waals surface area contributed by atoms with E-state index >= 15 is 0 Å². The summed E-state index contributed by atoms with van der Waals surface area (Å²) in [6.45, 7) is 9.63. The molecule has 8 nitrogen and oxygen atoms in total. The van der Waals surface area contributed by atoms with Crippen LogP contribution in [0.5, 0.6) is 5.75 Å². The summed E-state index contributed by atoms with van der Waals surface area (Å²) in [5, 5.41) is 20.0. The van der Waals surface area contributed by atoms with Gasteiger partial charge in [0.15, 0.2) is 0 Å². The number of hydrogen-bond acceptors (Lipinski definition) is 7. The Bertz CT molecular complexity index is 1630. The van der Waals surface area contributed by atoms with Gasteiger partial charge in [-0.2, -0.15) is 0 Å². The normalized spacial score (nSPS) is 15.3. The second-order valence-electron chi connectivity index (χ2n) is 12.3. The molecule has 0 spiro atoms. The predicted molar refractivity (Wildman–Crippen MR) is 180 cm³/mol. The zero-order valence-corrected chi connectivity index (χ0v) is 27.4. The Morgan fingerprint density at radius 3 is 2.62 bits per heavy atom. The van der Waals surface area contributed by atoms with E-state index in [4.69, 9.17) is 0 Å². The molecule has 0 unspecified atom stereocenters. The number of nitrogens with zero attached hydrogens (tertiary/aromatic N) is 3. The first-order chi connectivity index (χ1) is 21.7. The molecule has 1 fully saturated rings. The lowest BCUT2D eigenvalue weighted by Crippen LogP contribution is -2.33. The van der Waals surface area contributed by atoms with Crippen LogP contribution in [-0.2, 0) is 12.8 Å². The number of aromatic nitrogens is 2. The fourth-order valence-electron chi connectivity index (χ4n) is 5.70. The minimum absolute atomic E-state index is 0.0112. The third-order valence-electron chi connectivity index (χ3n) is 8.32. The summed E-state index contributed by atoms with van der Waals surface area (Å²) in [4.78, 5) is 37.4. The van der Waals surface area contributed by atoms with E-state index in [1.165, 1.54) is 11.1 Å². The molecule has 0 saturated carbocycles. The van der Waals surface area contributed by atoms with E-state index in [1.54, 1.807) is 41.7 Å². The Hall–Kier alpha value is -4.24. The van der Waals surface area contributed by atoms with Crippen LogP contribution < -0.4 is 10.6 Å². The first kappa shape index (κ1) is 32.2. The molecule has 1 aliphatic heterocycles. The number of rotatable bonds is 12. The number of thiazole rings is 1. The van der Waals surface area contributed by atoms with Crippen molar-refractivity contribution >= 4 is 28.8 Å². The number of aryl methyl sites for hydroxylation is 2. The van der Waals surface area contributed by atoms with Crippen molar-refractivity contribution in [1.29, 1.82) is 0 Å². The van der Waals surface area contributed by atoms with Crippen LogP contribution in [0.15, 0.2) is 66.3 Å². The number of nitrogens with one attached hydrogen (secondary N) is 2. The largest absolute Gasteiger partial charge is 0.506 e. The second kappa shape index (κ2) is 14.7. The van der Waals surface area contributed by atoms with Gasteiger partial charge in [0.05, 0.1) is 11.7 Å². The van der Waals surface area contributed by atoms with Crippen LogP contribution in [0.25, 0.3) is 0 Å². The Morgan fingerprint density at radius 1 is 1.04 bits per heavy atom. The van der Waals surface area contributed by atoms with Crippen molar-refractivity contribution in [1.82, 2.24) is 20.2 Å². The molecular formula is C36H43N5O3S. The molecule has 2 aromatic carbocycles. The summed E-state index contributed by atoms with van der Waals surface area (Å²) in [5.41, 5.74) is 6.04. The van der Waals surface area contributed by atoms with E-state index in [9.17, 15) is 14.7 Å². The van der Waals surface area contributed by atoms with Crippen LogP contribution >= 0.6 is 11.3 Å². The monoisotopic (exact) mass is 625 g/mol. The molecule has 4 aromatic rings. The predicted octanol–water partition coefficient (Wildman–Crippen LogP) is 7.06. The van der Waals surface area contributed by atoms with Gasteiger partial charge in [-0.3, -0.25) is 14.6 Å². The quantitative estimate of drug-likeness (QED) is 0.146. The summed E-state index contributed by atoms with van der Waals surface area (Å²) >= 11 is 1.60. The Kier molecular flexibility index (Phi) is 10.5. The van der Waals surface area contributed by atoms with Crippen molar-refractivity contribution in [3.05, 3.63) is 105 Å². The number of phenolic OH excluding ortho intramolecular Hbond substituents is 1. The van der Waals surface area contributed by atoms with Gasteiger partial charge in [0, 0.05) is 53.7 Å². The summed E-state index contributed by atoms with van der Waals surface area (Å²) in [5.74, 6) is 0.377. The lowest BCUT2D eigenvalue weighted by Gasteiger charge is -2.23. The Labute approximate surface area is 269 Å². The maximum Gasteiger partial charge on any atom is 0.254 e. The number of hydrogen-bond donors (Lipinski definition) is 3. The first-order valence-electron chi connectivity index (χ1n) is 15.8. The highest BCUT2D eigenvalue weighted by Crippen LogP contribution is 2.35. The molecule has 1 saturated heterocycles. The molecule has 3 heterocycles. The van der Waals surface area contributed by atoms with Crippen molar-refractivity contribution in [3.63, 3.8) is 0 Å². The van der Waals surface area contributed by atoms with E-state index in [0.29, 0.717) is 48.7 Å². The lowest BCUT2D eigenvalue weighted by molar-refractivity contribution is 0.0735. The van der Waals surface area contributed by atoms with E-state index in [1.807, 2.05) is 48.7 Å². The minimum Gasteiger partial charge on any atom is -0.506 e. The molecule has 5 rings (SSSR count). The Balaban J connectivity index is 1.11. The van der Waals surface area contributed by atoms with E-state index in [0.717, 1.165) is 35.5 Å². The number of phenols is 1. The molecule has 3 N–H and O–H groups in total. The summed E-state index contributed by atoms with van der Waals surface area (Å²) in [7, 11) is 0. The van der Waals surface area contributed by atoms with Gasteiger partial charge >= 0.3 is 0 Å². The second-order valence-corrected chi connectivity index (χ2v) is 13.2. The van der Waals surface area contributed by atoms with Gasteiger partial charge < -0.3 is 20.6 Å². The fraction of sp³-hybridized carbons (Fsp3) is 0.389. The first-order valence-corrected chi connectivity index (χ1v) is 16.7. The maximum atomic E-state index is 13.4. The zero-order chi connectivity index (χ0) is 31.9. The molecule has 0 bridgehead atoms. The number of anilines is 1. The molecule has 2 amide bonds. The lowest BCUT2D eigenvalue weighted by atomic mass is 10.0. The van der Waals surface area contributed by atoms with E-state index < -0.39 is 0 Å². The molecule has 45 heavy (non-hydrogen) atoms. The number of carbonyl (C=O) groups is 2. The van der Waals surface area contributed by atoms with Gasteiger partial charge in [0.1, 0.15) is 10.8 Å². The highest BCUT2D eigenvalue weighted by Gasteiger charge is 2.32. The van der Waals surface area contributed by atoms with Crippen molar-refractivity contribution in [2.75, 3.05) is 18.4 Å². The average molecular weight is 626 g/mol. The minimum atomic E-state index is -0.206. The van der Waals surface area contributed by atoms with Crippen LogP contribution in [0, 0.1) is 6.92 Å². The molecule has 9 heteroatoms. The topological polar surface area (TPSA) is 107 Å². The van der Waals surface area contributed by atoms with Gasteiger partial charge in [-0.05, 0) is 98.9 Å². The van der Waals surface area contributed by atoms with Crippen LogP contribution in [0.4, 0.5) is 5.69 Å². The third-order valence-corrected chi connectivity index (χ3v) is 9.39. The highest BCUT2D eigenvalue weighted by molar-refractivity contribution is 7.09. The number of pyridine rings is 1. The van der Waals surface area contributed by atoms with Gasteiger partial charge in [-0.25, -0.2) is 4.98 Å². The van der Waals surface area contributed by atoms with Gasteiger partial charge in [-0.15, -0.1) is 11.3 Å². The van der Waals surface area contributed by atoms with Gasteiger partial charge in [0.2, 0.25) is 0 Å². The van der Waals surface area contributed by atoms with Crippen molar-refractivity contribution in [2.24, 2.45) is 0 Å². The zero-order valence-electron chi connectivity index (χ0n) is 26.5. The SMILES string of the molecule is Cc1csc([C@H]2CCCN2C(=O)c2cccc(C(=O)N[C@@H](C)CCc3ccc(NCCc4cncc(C(C)C)c4)c(O)c3)c2)n1. The van der Waals surface area contributed by atoms with Crippen LogP contribution in [0.2, 0.25) is 0 Å². The van der Waals surface area contributed by atoms with Crippen LogP contribution in [-0.4, -0.2) is 50.9 Å². The molecule has 1 aliphatic rings. The van der Waals surface area contributed by atoms with Gasteiger partial charge in [-0.1, -0.05) is 32.0 Å². The summed E-state index contributed by atoms with van der Waals surface area (Å²) in [6.07, 6.45) is 7.87. The third kappa shape index (κ3) is 8.28. The number of benzene rings is 2. The fourth-order valence-corrected chi connectivity index (χ4v) is 6.64. The van der Waals surface area contributed by atoms with Crippen molar-refractivity contribution in [3.8, 4) is 5.75 Å². The molecule has 0 radical (unpaired) electrons. The number of aromatic hydroxyl groups is 1. The van der Waals surface area contributed by atoms with E-state index in [-0.39, 0.29) is 29.6 Å². The highest BCUT2D eigenvalue weighted by atomic mass is 32.1. The van der Waals surface area contributed by atoms with Crippen LogP contribution in [0.1, 0.15) is 100 Å². The van der Waals surface area contributed by atoms with Crippen LogP contribution in [0.3, 0.4) is 0 Å².